The molecule has 5 rings (SSSR count). The smallest absolute Gasteiger partial charge is 0.414 e. The second-order valence-electron chi connectivity index (χ2n) is 9.70. The second kappa shape index (κ2) is 10.1. The minimum Gasteiger partial charge on any atom is -0.449 e. The monoisotopic (exact) mass is 448 g/mol. The molecule has 0 radical (unpaired) electrons. The van der Waals surface area contributed by atoms with E-state index in [2.05, 4.69) is 64.6 Å². The van der Waals surface area contributed by atoms with E-state index in [-0.39, 0.29) is 6.09 Å². The molecule has 2 heterocycles. The molecule has 2 aromatic carbocycles. The third-order valence-corrected chi connectivity index (χ3v) is 7.38. The number of likely N-dealkylation sites (N-methyl/N-ethyl adjacent to an activating group) is 1. The standard InChI is InChI=1S/C27H36N4O2/c1-29(23-8-10-24(11-9-23)31-14-5-19-33-27(31)32)17-18-30-15-12-22(13-16-30)28-26-20-25(26)21-6-3-2-4-7-21/h2-4,6-11,22,25-26,28H,5,12-20H2,1H3/t25-,26+/m0/s1. The van der Waals surface area contributed by atoms with Gasteiger partial charge in [-0.2, -0.15) is 0 Å². The number of piperidine rings is 1. The van der Waals surface area contributed by atoms with Crippen LogP contribution in [0.25, 0.3) is 0 Å². The van der Waals surface area contributed by atoms with Crippen molar-refractivity contribution in [2.75, 3.05) is 56.2 Å². The number of likely N-dealkylation sites (tertiary alicyclic amines) is 1. The SMILES string of the molecule is CN(CCN1CCC(N[C@@H]2C[C@H]2c2ccccc2)CC1)c1ccc(N2CCCOC2=O)cc1. The minimum absolute atomic E-state index is 0.238. The summed E-state index contributed by atoms with van der Waals surface area (Å²) in [6, 6.07) is 20.5. The molecule has 1 N–H and O–H groups in total. The fourth-order valence-electron chi connectivity index (χ4n) is 5.17. The first-order chi connectivity index (χ1) is 16.2. The molecule has 3 aliphatic rings. The summed E-state index contributed by atoms with van der Waals surface area (Å²) >= 11 is 0. The Morgan fingerprint density at radius 3 is 2.52 bits per heavy atom. The zero-order valence-electron chi connectivity index (χ0n) is 19.7. The van der Waals surface area contributed by atoms with Gasteiger partial charge in [0.05, 0.1) is 6.61 Å². The lowest BCUT2D eigenvalue weighted by Crippen LogP contribution is -2.45. The van der Waals surface area contributed by atoms with Gasteiger partial charge in [-0.25, -0.2) is 4.79 Å². The van der Waals surface area contributed by atoms with Crippen LogP contribution in [0.1, 0.15) is 37.2 Å². The van der Waals surface area contributed by atoms with Crippen molar-refractivity contribution in [3.63, 3.8) is 0 Å². The van der Waals surface area contributed by atoms with Gasteiger partial charge < -0.3 is 19.9 Å². The first-order valence-electron chi connectivity index (χ1n) is 12.5. The van der Waals surface area contributed by atoms with Crippen molar-refractivity contribution >= 4 is 17.5 Å². The Kier molecular flexibility index (Phi) is 6.83. The summed E-state index contributed by atoms with van der Waals surface area (Å²) < 4.78 is 5.15. The van der Waals surface area contributed by atoms with Crippen LogP contribution in [0.15, 0.2) is 54.6 Å². The molecule has 2 aromatic rings. The minimum atomic E-state index is -0.238. The van der Waals surface area contributed by atoms with Crippen LogP contribution in [-0.2, 0) is 4.74 Å². The molecule has 33 heavy (non-hydrogen) atoms. The van der Waals surface area contributed by atoms with Crippen LogP contribution in [0.3, 0.4) is 0 Å². The topological polar surface area (TPSA) is 48.0 Å². The molecule has 1 saturated carbocycles. The second-order valence-corrected chi connectivity index (χ2v) is 9.70. The maximum atomic E-state index is 11.9. The number of cyclic esters (lactones) is 1. The van der Waals surface area contributed by atoms with Crippen LogP contribution in [0.5, 0.6) is 0 Å². The first-order valence-corrected chi connectivity index (χ1v) is 12.5. The van der Waals surface area contributed by atoms with Gasteiger partial charge in [-0.1, -0.05) is 30.3 Å². The van der Waals surface area contributed by atoms with Crippen LogP contribution >= 0.6 is 0 Å². The lowest BCUT2D eigenvalue weighted by Gasteiger charge is -2.34. The van der Waals surface area contributed by atoms with E-state index < -0.39 is 0 Å². The summed E-state index contributed by atoms with van der Waals surface area (Å²) in [5.74, 6) is 0.713. The Bertz CT molecular complexity index is 911. The lowest BCUT2D eigenvalue weighted by atomic mass is 10.0. The Morgan fingerprint density at radius 2 is 1.79 bits per heavy atom. The molecule has 1 aliphatic carbocycles. The zero-order chi connectivity index (χ0) is 22.6. The number of nitrogens with one attached hydrogen (secondary N) is 1. The average Bonchev–Trinajstić information content (AvgIpc) is 3.63. The van der Waals surface area contributed by atoms with E-state index in [0.29, 0.717) is 24.6 Å². The van der Waals surface area contributed by atoms with Crippen LogP contribution in [0, 0.1) is 0 Å². The highest BCUT2D eigenvalue weighted by molar-refractivity contribution is 5.88. The zero-order valence-corrected chi connectivity index (χ0v) is 19.7. The predicted molar refractivity (Wildman–Crippen MR) is 133 cm³/mol. The van der Waals surface area contributed by atoms with Crippen molar-refractivity contribution in [3.05, 3.63) is 60.2 Å². The lowest BCUT2D eigenvalue weighted by molar-refractivity contribution is 0.140. The van der Waals surface area contributed by atoms with E-state index >= 15 is 0 Å². The Balaban J connectivity index is 1.03. The molecular weight excluding hydrogens is 412 g/mol. The Morgan fingerprint density at radius 1 is 1.03 bits per heavy atom. The van der Waals surface area contributed by atoms with E-state index in [1.54, 1.807) is 4.90 Å². The highest BCUT2D eigenvalue weighted by Gasteiger charge is 2.39. The van der Waals surface area contributed by atoms with Gasteiger partial charge in [0.15, 0.2) is 0 Å². The number of carbonyl (C=O) groups excluding carboxylic acids is 1. The van der Waals surface area contributed by atoms with Gasteiger partial charge in [-0.05, 0) is 68.6 Å². The normalized spacial score (nSPS) is 23.9. The van der Waals surface area contributed by atoms with Crippen molar-refractivity contribution in [1.29, 1.82) is 0 Å². The van der Waals surface area contributed by atoms with Crippen LogP contribution in [0.4, 0.5) is 16.2 Å². The maximum Gasteiger partial charge on any atom is 0.414 e. The summed E-state index contributed by atoms with van der Waals surface area (Å²) in [7, 11) is 2.15. The van der Waals surface area contributed by atoms with E-state index in [1.165, 1.54) is 43.6 Å². The highest BCUT2D eigenvalue weighted by Crippen LogP contribution is 2.41. The van der Waals surface area contributed by atoms with Crippen molar-refractivity contribution in [2.45, 2.75) is 43.7 Å². The fourth-order valence-corrected chi connectivity index (χ4v) is 5.17. The molecule has 176 valence electrons. The van der Waals surface area contributed by atoms with Crippen molar-refractivity contribution in [3.8, 4) is 0 Å². The summed E-state index contributed by atoms with van der Waals surface area (Å²) in [6.45, 7) is 5.68. The summed E-state index contributed by atoms with van der Waals surface area (Å²) in [5, 5.41) is 3.91. The molecule has 2 aliphatic heterocycles. The molecule has 2 atom stereocenters. The number of ether oxygens (including phenoxy) is 1. The molecule has 0 bridgehead atoms. The van der Waals surface area contributed by atoms with Crippen LogP contribution < -0.4 is 15.1 Å². The van der Waals surface area contributed by atoms with Gasteiger partial charge >= 0.3 is 6.09 Å². The molecule has 3 fully saturated rings. The molecule has 0 aromatic heterocycles. The number of benzene rings is 2. The van der Waals surface area contributed by atoms with E-state index in [0.717, 1.165) is 31.7 Å². The maximum absolute atomic E-state index is 11.9. The van der Waals surface area contributed by atoms with Gasteiger partial charge in [0.2, 0.25) is 0 Å². The number of anilines is 2. The van der Waals surface area contributed by atoms with Crippen molar-refractivity contribution < 1.29 is 9.53 Å². The Labute approximate surface area is 197 Å². The van der Waals surface area contributed by atoms with E-state index in [4.69, 9.17) is 4.74 Å². The fraction of sp³-hybridized carbons (Fsp3) is 0.519. The molecule has 6 nitrogen and oxygen atoms in total. The largest absolute Gasteiger partial charge is 0.449 e. The third kappa shape index (κ3) is 5.50. The number of rotatable bonds is 8. The van der Waals surface area contributed by atoms with E-state index in [9.17, 15) is 4.79 Å². The summed E-state index contributed by atoms with van der Waals surface area (Å²) in [5.41, 5.74) is 3.58. The Hall–Kier alpha value is -2.57. The molecule has 1 amide bonds. The van der Waals surface area contributed by atoms with Gasteiger partial charge in [0, 0.05) is 56.1 Å². The first kappa shape index (κ1) is 22.2. The highest BCUT2D eigenvalue weighted by atomic mass is 16.6. The average molecular weight is 449 g/mol. The van der Waals surface area contributed by atoms with E-state index in [1.807, 2.05) is 12.1 Å². The number of nitrogens with zero attached hydrogens (tertiary/aromatic N) is 3. The molecular formula is C27H36N4O2. The predicted octanol–water partition coefficient (Wildman–Crippen LogP) is 4.08. The molecule has 2 saturated heterocycles. The number of amides is 1. The molecule has 0 spiro atoms. The number of hydrogen-bond acceptors (Lipinski definition) is 5. The van der Waals surface area contributed by atoms with Crippen LogP contribution in [-0.4, -0.2) is 69.5 Å². The van der Waals surface area contributed by atoms with Gasteiger partial charge in [0.25, 0.3) is 0 Å². The summed E-state index contributed by atoms with van der Waals surface area (Å²) in [6.07, 6.45) is 4.41. The number of carbonyl (C=O) groups is 1. The third-order valence-electron chi connectivity index (χ3n) is 7.38. The van der Waals surface area contributed by atoms with Gasteiger partial charge in [0.1, 0.15) is 0 Å². The van der Waals surface area contributed by atoms with Gasteiger partial charge in [-0.15, -0.1) is 0 Å². The molecule has 6 heteroatoms. The van der Waals surface area contributed by atoms with Crippen molar-refractivity contribution in [1.82, 2.24) is 10.2 Å². The van der Waals surface area contributed by atoms with Gasteiger partial charge in [-0.3, -0.25) is 4.90 Å². The van der Waals surface area contributed by atoms with Crippen LogP contribution in [0.2, 0.25) is 0 Å². The molecule has 0 unspecified atom stereocenters. The quantitative estimate of drug-likeness (QED) is 0.659. The number of hydrogen-bond donors (Lipinski definition) is 1. The summed E-state index contributed by atoms with van der Waals surface area (Å²) in [4.78, 5) is 18.6. The van der Waals surface area contributed by atoms with Crippen molar-refractivity contribution in [2.24, 2.45) is 0 Å².